The molecule has 0 unspecified atom stereocenters. The molecule has 0 saturated carbocycles. The molecule has 21 heavy (non-hydrogen) atoms. The van der Waals surface area contributed by atoms with Crippen molar-refractivity contribution in [3.63, 3.8) is 0 Å². The van der Waals surface area contributed by atoms with Crippen LogP contribution >= 0.6 is 0 Å². The van der Waals surface area contributed by atoms with Crippen molar-refractivity contribution in [2.24, 2.45) is 0 Å². The van der Waals surface area contributed by atoms with Gasteiger partial charge in [-0.15, -0.1) is 0 Å². The Balaban J connectivity index is 1.77. The molecule has 4 heteroatoms. The Hall–Kier alpha value is -2.49. The Kier molecular flexibility index (Phi) is 5.64. The third-order valence-electron chi connectivity index (χ3n) is 2.82. The van der Waals surface area contributed by atoms with Gasteiger partial charge in [0.15, 0.2) is 6.61 Å². The van der Waals surface area contributed by atoms with E-state index in [9.17, 15) is 4.79 Å². The summed E-state index contributed by atoms with van der Waals surface area (Å²) in [5.74, 6) is 1.20. The van der Waals surface area contributed by atoms with Crippen LogP contribution in [-0.4, -0.2) is 19.1 Å². The molecule has 0 fully saturated rings. The highest BCUT2D eigenvalue weighted by atomic mass is 16.5. The zero-order chi connectivity index (χ0) is 14.9. The first-order valence-corrected chi connectivity index (χ1v) is 6.94. The lowest BCUT2D eigenvalue weighted by Crippen LogP contribution is -2.28. The lowest BCUT2D eigenvalue weighted by atomic mass is 10.2. The smallest absolute Gasteiger partial charge is 0.258 e. The number of rotatable bonds is 7. The predicted molar refractivity (Wildman–Crippen MR) is 81.4 cm³/mol. The van der Waals surface area contributed by atoms with Crippen molar-refractivity contribution in [2.45, 2.75) is 13.5 Å². The molecule has 0 atom stereocenters. The van der Waals surface area contributed by atoms with Crippen LogP contribution in [0.15, 0.2) is 54.6 Å². The maximum atomic E-state index is 11.7. The Morgan fingerprint density at radius 1 is 1.00 bits per heavy atom. The number of ether oxygens (including phenoxy) is 2. The Morgan fingerprint density at radius 3 is 2.43 bits per heavy atom. The molecule has 0 heterocycles. The number of nitrogens with one attached hydrogen (secondary N) is 1. The summed E-state index contributed by atoms with van der Waals surface area (Å²) in [5, 5.41) is 2.81. The molecule has 2 aromatic carbocycles. The number of hydrogen-bond donors (Lipinski definition) is 1. The van der Waals surface area contributed by atoms with Gasteiger partial charge in [-0.05, 0) is 24.6 Å². The average Bonchev–Trinajstić information content (AvgIpc) is 2.53. The van der Waals surface area contributed by atoms with E-state index in [-0.39, 0.29) is 12.5 Å². The molecule has 0 aliphatic carbocycles. The second-order valence-corrected chi connectivity index (χ2v) is 4.46. The number of benzene rings is 2. The molecule has 4 nitrogen and oxygen atoms in total. The van der Waals surface area contributed by atoms with Crippen molar-refractivity contribution >= 4 is 5.91 Å². The third-order valence-corrected chi connectivity index (χ3v) is 2.82. The summed E-state index contributed by atoms with van der Waals surface area (Å²) < 4.78 is 10.8. The Bertz CT molecular complexity index is 569. The normalized spacial score (nSPS) is 9.95. The van der Waals surface area contributed by atoms with Crippen molar-refractivity contribution in [1.82, 2.24) is 5.32 Å². The lowest BCUT2D eigenvalue weighted by Gasteiger charge is -2.09. The average molecular weight is 285 g/mol. The number of carbonyl (C=O) groups excluding carboxylic acids is 1. The molecule has 0 aliphatic heterocycles. The van der Waals surface area contributed by atoms with E-state index in [1.165, 1.54) is 0 Å². The monoisotopic (exact) mass is 285 g/mol. The van der Waals surface area contributed by atoms with Gasteiger partial charge in [-0.25, -0.2) is 0 Å². The SMILES string of the molecule is CCOc1cccc(OCC(=O)NCc2ccccc2)c1. The predicted octanol–water partition coefficient (Wildman–Crippen LogP) is 2.78. The summed E-state index contributed by atoms with van der Waals surface area (Å²) in [7, 11) is 0. The standard InChI is InChI=1S/C17H19NO3/c1-2-20-15-9-6-10-16(11-15)21-13-17(19)18-12-14-7-4-3-5-8-14/h3-11H,2,12-13H2,1H3,(H,18,19). The fourth-order valence-electron chi connectivity index (χ4n) is 1.82. The molecule has 0 bridgehead atoms. The van der Waals surface area contributed by atoms with Crippen LogP contribution in [0.1, 0.15) is 12.5 Å². The zero-order valence-corrected chi connectivity index (χ0v) is 12.0. The van der Waals surface area contributed by atoms with Gasteiger partial charge in [0, 0.05) is 12.6 Å². The van der Waals surface area contributed by atoms with Crippen molar-refractivity contribution < 1.29 is 14.3 Å². The van der Waals surface area contributed by atoms with Crippen molar-refractivity contribution in [2.75, 3.05) is 13.2 Å². The van der Waals surface area contributed by atoms with Crippen molar-refractivity contribution in [1.29, 1.82) is 0 Å². The van der Waals surface area contributed by atoms with Crippen LogP contribution < -0.4 is 14.8 Å². The minimum Gasteiger partial charge on any atom is -0.494 e. The van der Waals surface area contributed by atoms with Gasteiger partial charge in [0.05, 0.1) is 6.61 Å². The van der Waals surface area contributed by atoms with Gasteiger partial charge >= 0.3 is 0 Å². The van der Waals surface area contributed by atoms with Gasteiger partial charge in [0.2, 0.25) is 0 Å². The molecule has 1 amide bonds. The van der Waals surface area contributed by atoms with E-state index in [0.29, 0.717) is 18.9 Å². The molecular formula is C17H19NO3. The van der Waals surface area contributed by atoms with Crippen LogP contribution in [0.5, 0.6) is 11.5 Å². The molecule has 0 aliphatic rings. The van der Waals surface area contributed by atoms with Crippen LogP contribution in [-0.2, 0) is 11.3 Å². The van der Waals surface area contributed by atoms with Gasteiger partial charge in [0.1, 0.15) is 11.5 Å². The molecule has 0 saturated heterocycles. The first-order valence-electron chi connectivity index (χ1n) is 6.94. The zero-order valence-electron chi connectivity index (χ0n) is 12.0. The highest BCUT2D eigenvalue weighted by Gasteiger charge is 2.03. The van der Waals surface area contributed by atoms with Gasteiger partial charge in [-0.2, -0.15) is 0 Å². The second-order valence-electron chi connectivity index (χ2n) is 4.46. The van der Waals surface area contributed by atoms with E-state index < -0.39 is 0 Å². The fraction of sp³-hybridized carbons (Fsp3) is 0.235. The summed E-state index contributed by atoms with van der Waals surface area (Å²) in [6.07, 6.45) is 0. The molecule has 1 N–H and O–H groups in total. The van der Waals surface area contributed by atoms with E-state index in [4.69, 9.17) is 9.47 Å². The highest BCUT2D eigenvalue weighted by molar-refractivity contribution is 5.77. The van der Waals surface area contributed by atoms with Crippen LogP contribution in [0.2, 0.25) is 0 Å². The maximum absolute atomic E-state index is 11.7. The lowest BCUT2D eigenvalue weighted by molar-refractivity contribution is -0.123. The van der Waals surface area contributed by atoms with Crippen LogP contribution in [0.25, 0.3) is 0 Å². The van der Waals surface area contributed by atoms with E-state index >= 15 is 0 Å². The Morgan fingerprint density at radius 2 is 1.71 bits per heavy atom. The maximum Gasteiger partial charge on any atom is 0.258 e. The molecule has 0 radical (unpaired) electrons. The van der Waals surface area contributed by atoms with E-state index in [1.807, 2.05) is 49.4 Å². The summed E-state index contributed by atoms with van der Waals surface area (Å²) in [6, 6.07) is 17.0. The van der Waals surface area contributed by atoms with Gasteiger partial charge in [-0.1, -0.05) is 36.4 Å². The largest absolute Gasteiger partial charge is 0.494 e. The number of carbonyl (C=O) groups is 1. The second kappa shape index (κ2) is 7.94. The van der Waals surface area contributed by atoms with Gasteiger partial charge in [-0.3, -0.25) is 4.79 Å². The quantitative estimate of drug-likeness (QED) is 0.851. The van der Waals surface area contributed by atoms with Crippen LogP contribution in [0, 0.1) is 0 Å². The van der Waals surface area contributed by atoms with Crippen LogP contribution in [0.4, 0.5) is 0 Å². The third kappa shape index (κ3) is 5.18. The molecular weight excluding hydrogens is 266 g/mol. The van der Waals surface area contributed by atoms with Crippen molar-refractivity contribution in [3.05, 3.63) is 60.2 Å². The Labute approximate surface area is 124 Å². The number of hydrogen-bond acceptors (Lipinski definition) is 3. The van der Waals surface area contributed by atoms with E-state index in [0.717, 1.165) is 11.3 Å². The summed E-state index contributed by atoms with van der Waals surface area (Å²) >= 11 is 0. The highest BCUT2D eigenvalue weighted by Crippen LogP contribution is 2.19. The molecule has 2 rings (SSSR count). The topological polar surface area (TPSA) is 47.6 Å². The number of amides is 1. The molecule has 0 aromatic heterocycles. The first kappa shape index (κ1) is 14.9. The molecule has 110 valence electrons. The fourth-order valence-corrected chi connectivity index (χ4v) is 1.82. The minimum absolute atomic E-state index is 0.0115. The first-order chi connectivity index (χ1) is 10.3. The summed E-state index contributed by atoms with van der Waals surface area (Å²) in [5.41, 5.74) is 1.06. The van der Waals surface area contributed by atoms with E-state index in [1.54, 1.807) is 12.1 Å². The molecule has 0 spiro atoms. The van der Waals surface area contributed by atoms with Gasteiger partial charge in [0.25, 0.3) is 5.91 Å². The van der Waals surface area contributed by atoms with Crippen molar-refractivity contribution in [3.8, 4) is 11.5 Å². The van der Waals surface area contributed by atoms with Gasteiger partial charge < -0.3 is 14.8 Å². The van der Waals surface area contributed by atoms with Crippen LogP contribution in [0.3, 0.4) is 0 Å². The van der Waals surface area contributed by atoms with E-state index in [2.05, 4.69) is 5.32 Å². The summed E-state index contributed by atoms with van der Waals surface area (Å²) in [6.45, 7) is 3.01. The minimum atomic E-state index is -0.152. The molecule has 2 aromatic rings. The summed E-state index contributed by atoms with van der Waals surface area (Å²) in [4.78, 5) is 11.7.